The molecule has 18 heavy (non-hydrogen) atoms. The zero-order chi connectivity index (χ0) is 12.5. The summed E-state index contributed by atoms with van der Waals surface area (Å²) in [5, 5.41) is 23.7. The van der Waals surface area contributed by atoms with Crippen molar-refractivity contribution in [2.75, 3.05) is 0 Å². The topological polar surface area (TPSA) is 61.8 Å². The quantitative estimate of drug-likeness (QED) is 0.705. The molecule has 4 heteroatoms. The summed E-state index contributed by atoms with van der Waals surface area (Å²) in [5.74, 6) is 0.0752. The lowest BCUT2D eigenvalue weighted by Gasteiger charge is -2.03. The van der Waals surface area contributed by atoms with E-state index in [1.165, 1.54) is 6.07 Å². The molecule has 0 aliphatic rings. The second kappa shape index (κ2) is 3.90. The van der Waals surface area contributed by atoms with E-state index in [9.17, 15) is 5.11 Å². The minimum Gasteiger partial charge on any atom is -0.507 e. The fraction of sp³-hybridized carbons (Fsp3) is 0. The molecule has 86 valence electrons. The van der Waals surface area contributed by atoms with E-state index >= 15 is 0 Å². The van der Waals surface area contributed by atoms with Gasteiger partial charge >= 0.3 is 0 Å². The number of phenols is 1. The fourth-order valence-electron chi connectivity index (χ4n) is 1.95. The third-order valence-corrected chi connectivity index (χ3v) is 2.80. The van der Waals surface area contributed by atoms with Crippen molar-refractivity contribution in [2.45, 2.75) is 0 Å². The zero-order valence-corrected chi connectivity index (χ0v) is 9.41. The Morgan fingerprint density at radius 2 is 1.94 bits per heavy atom. The lowest BCUT2D eigenvalue weighted by atomic mass is 10.1. The Bertz CT molecular complexity index is 754. The molecule has 2 aromatic carbocycles. The molecule has 0 saturated carbocycles. The van der Waals surface area contributed by atoms with Gasteiger partial charge in [-0.05, 0) is 24.3 Å². The van der Waals surface area contributed by atoms with Crippen LogP contribution in [0.4, 0.5) is 0 Å². The summed E-state index contributed by atoms with van der Waals surface area (Å²) in [6.07, 6.45) is 1.60. The summed E-state index contributed by atoms with van der Waals surface area (Å²) >= 11 is 0. The van der Waals surface area contributed by atoms with Gasteiger partial charge < -0.3 is 5.11 Å². The number of rotatable bonds is 1. The Morgan fingerprint density at radius 1 is 1.17 bits per heavy atom. The van der Waals surface area contributed by atoms with Crippen LogP contribution in [-0.2, 0) is 0 Å². The van der Waals surface area contributed by atoms with Gasteiger partial charge in [-0.2, -0.15) is 10.4 Å². The van der Waals surface area contributed by atoms with Crippen molar-refractivity contribution < 1.29 is 5.11 Å². The molecule has 0 atom stereocenters. The van der Waals surface area contributed by atoms with Gasteiger partial charge in [0, 0.05) is 0 Å². The molecule has 0 aliphatic heterocycles. The number of aromatic nitrogens is 2. The van der Waals surface area contributed by atoms with Gasteiger partial charge in [-0.15, -0.1) is 0 Å². The molecule has 0 spiro atoms. The lowest BCUT2D eigenvalue weighted by molar-refractivity contribution is 0.481. The van der Waals surface area contributed by atoms with Crippen LogP contribution in [0.3, 0.4) is 0 Å². The van der Waals surface area contributed by atoms with Crippen molar-refractivity contribution in [3.05, 3.63) is 54.2 Å². The molecule has 0 aliphatic carbocycles. The van der Waals surface area contributed by atoms with Crippen LogP contribution in [-0.4, -0.2) is 14.9 Å². The molecule has 0 amide bonds. The SMILES string of the molecule is N#Cc1cc(O)c2cnn(-c3ccccc3)c2c1. The van der Waals surface area contributed by atoms with Crippen molar-refractivity contribution >= 4 is 10.9 Å². The van der Waals surface area contributed by atoms with Gasteiger partial charge in [0.15, 0.2) is 0 Å². The molecule has 1 N–H and O–H groups in total. The number of nitrogens with zero attached hydrogens (tertiary/aromatic N) is 3. The number of benzene rings is 2. The molecule has 0 radical (unpaired) electrons. The van der Waals surface area contributed by atoms with Crippen LogP contribution in [0.15, 0.2) is 48.7 Å². The second-order valence-corrected chi connectivity index (χ2v) is 3.93. The number of fused-ring (bicyclic) bond motifs is 1. The van der Waals surface area contributed by atoms with Gasteiger partial charge in [0.05, 0.1) is 34.4 Å². The van der Waals surface area contributed by atoms with E-state index in [1.54, 1.807) is 16.9 Å². The standard InChI is InChI=1S/C14H9N3O/c15-8-10-6-13-12(14(18)7-10)9-16-17(13)11-4-2-1-3-5-11/h1-7,9,18H. The van der Waals surface area contributed by atoms with Crippen LogP contribution >= 0.6 is 0 Å². The number of hydrogen-bond donors (Lipinski definition) is 1. The van der Waals surface area contributed by atoms with Gasteiger partial charge in [-0.1, -0.05) is 18.2 Å². The monoisotopic (exact) mass is 235 g/mol. The van der Waals surface area contributed by atoms with Crippen LogP contribution in [0.25, 0.3) is 16.6 Å². The molecule has 0 saturated heterocycles. The van der Waals surface area contributed by atoms with Gasteiger partial charge in [0.2, 0.25) is 0 Å². The molecule has 4 nitrogen and oxygen atoms in total. The summed E-state index contributed by atoms with van der Waals surface area (Å²) in [4.78, 5) is 0. The van der Waals surface area contributed by atoms with Crippen molar-refractivity contribution in [3.63, 3.8) is 0 Å². The summed E-state index contributed by atoms with van der Waals surface area (Å²) in [6.45, 7) is 0. The van der Waals surface area contributed by atoms with E-state index in [0.717, 1.165) is 11.2 Å². The number of para-hydroxylation sites is 1. The molecular formula is C14H9N3O. The molecule has 0 bridgehead atoms. The highest BCUT2D eigenvalue weighted by atomic mass is 16.3. The third kappa shape index (κ3) is 1.50. The predicted octanol–water partition coefficient (Wildman–Crippen LogP) is 2.60. The largest absolute Gasteiger partial charge is 0.507 e. The average molecular weight is 235 g/mol. The van der Waals surface area contributed by atoms with Crippen molar-refractivity contribution in [1.82, 2.24) is 9.78 Å². The Balaban J connectivity index is 2.33. The highest BCUT2D eigenvalue weighted by Gasteiger charge is 2.09. The summed E-state index contributed by atoms with van der Waals surface area (Å²) in [5.41, 5.74) is 2.03. The maximum Gasteiger partial charge on any atom is 0.127 e. The van der Waals surface area contributed by atoms with Crippen molar-refractivity contribution in [1.29, 1.82) is 5.26 Å². The summed E-state index contributed by atoms with van der Waals surface area (Å²) in [7, 11) is 0. The lowest BCUT2D eigenvalue weighted by Crippen LogP contribution is -1.95. The highest BCUT2D eigenvalue weighted by molar-refractivity contribution is 5.87. The van der Waals surface area contributed by atoms with E-state index in [1.807, 2.05) is 36.4 Å². The highest BCUT2D eigenvalue weighted by Crippen LogP contribution is 2.27. The normalized spacial score (nSPS) is 10.4. The summed E-state index contributed by atoms with van der Waals surface area (Å²) in [6, 6.07) is 14.8. The van der Waals surface area contributed by atoms with Gasteiger partial charge in [0.25, 0.3) is 0 Å². The Hall–Kier alpha value is -2.80. The Labute approximate surface area is 103 Å². The molecule has 1 aromatic heterocycles. The average Bonchev–Trinajstić information content (AvgIpc) is 2.84. The van der Waals surface area contributed by atoms with E-state index < -0.39 is 0 Å². The third-order valence-electron chi connectivity index (χ3n) is 2.80. The molecule has 3 rings (SSSR count). The first-order valence-electron chi connectivity index (χ1n) is 5.46. The minimum absolute atomic E-state index is 0.0752. The maximum atomic E-state index is 9.84. The van der Waals surface area contributed by atoms with E-state index in [-0.39, 0.29) is 5.75 Å². The van der Waals surface area contributed by atoms with Gasteiger partial charge in [-0.3, -0.25) is 0 Å². The fourth-order valence-corrected chi connectivity index (χ4v) is 1.95. The Kier molecular flexibility index (Phi) is 2.24. The van der Waals surface area contributed by atoms with Crippen LogP contribution in [0.2, 0.25) is 0 Å². The van der Waals surface area contributed by atoms with E-state index in [2.05, 4.69) is 5.10 Å². The number of hydrogen-bond acceptors (Lipinski definition) is 3. The minimum atomic E-state index is 0.0752. The first kappa shape index (κ1) is 10.4. The van der Waals surface area contributed by atoms with Crippen LogP contribution in [0, 0.1) is 11.3 Å². The number of nitriles is 1. The molecule has 0 fully saturated rings. The molecular weight excluding hydrogens is 226 g/mol. The molecule has 3 aromatic rings. The zero-order valence-electron chi connectivity index (χ0n) is 9.41. The first-order chi connectivity index (χ1) is 8.79. The second-order valence-electron chi connectivity index (χ2n) is 3.93. The molecule has 1 heterocycles. The van der Waals surface area contributed by atoms with Crippen LogP contribution in [0.5, 0.6) is 5.75 Å². The maximum absolute atomic E-state index is 9.84. The molecule has 0 unspecified atom stereocenters. The predicted molar refractivity (Wildman–Crippen MR) is 67.4 cm³/mol. The van der Waals surface area contributed by atoms with Crippen LogP contribution < -0.4 is 0 Å². The number of phenolic OH excluding ortho intramolecular Hbond substituents is 1. The van der Waals surface area contributed by atoms with Crippen molar-refractivity contribution in [3.8, 4) is 17.5 Å². The van der Waals surface area contributed by atoms with Crippen molar-refractivity contribution in [2.24, 2.45) is 0 Å². The van der Waals surface area contributed by atoms with Gasteiger partial charge in [0.1, 0.15) is 5.75 Å². The summed E-state index contributed by atoms with van der Waals surface area (Å²) < 4.78 is 1.70. The first-order valence-corrected chi connectivity index (χ1v) is 5.46. The van der Waals surface area contributed by atoms with E-state index in [4.69, 9.17) is 5.26 Å². The number of aromatic hydroxyl groups is 1. The van der Waals surface area contributed by atoms with Crippen LogP contribution in [0.1, 0.15) is 5.56 Å². The smallest absolute Gasteiger partial charge is 0.127 e. The van der Waals surface area contributed by atoms with E-state index in [0.29, 0.717) is 10.9 Å². The Morgan fingerprint density at radius 3 is 2.67 bits per heavy atom. The van der Waals surface area contributed by atoms with Gasteiger partial charge in [-0.25, -0.2) is 4.68 Å².